The van der Waals surface area contributed by atoms with Gasteiger partial charge in [0.15, 0.2) is 0 Å². The predicted octanol–water partition coefficient (Wildman–Crippen LogP) is 1.48. The molecule has 3 N–H and O–H groups in total. The van der Waals surface area contributed by atoms with E-state index in [1.165, 1.54) is 6.42 Å². The van der Waals surface area contributed by atoms with E-state index in [1.54, 1.807) is 0 Å². The standard InChI is InChI=1S/C12H20N4O/c1-3-17-11-7-8(2)14-12(16-11)15-10-6-4-5-9(10)13/h7,9-10H,3-6,13H2,1-2H3,(H,14,15,16). The molecule has 1 aliphatic carbocycles. The van der Waals surface area contributed by atoms with Crippen LogP contribution in [0, 0.1) is 6.92 Å². The van der Waals surface area contributed by atoms with Crippen molar-refractivity contribution in [1.82, 2.24) is 9.97 Å². The first kappa shape index (κ1) is 12.1. The molecular formula is C12H20N4O. The van der Waals surface area contributed by atoms with Crippen molar-refractivity contribution in [2.45, 2.75) is 45.2 Å². The van der Waals surface area contributed by atoms with E-state index in [0.717, 1.165) is 18.5 Å². The lowest BCUT2D eigenvalue weighted by Crippen LogP contribution is -2.35. The highest BCUT2D eigenvalue weighted by Crippen LogP contribution is 2.21. The molecule has 0 radical (unpaired) electrons. The molecule has 5 nitrogen and oxygen atoms in total. The molecule has 1 aliphatic rings. The molecule has 0 aromatic carbocycles. The molecule has 0 amide bonds. The van der Waals surface area contributed by atoms with Crippen LogP contribution in [0.5, 0.6) is 5.88 Å². The summed E-state index contributed by atoms with van der Waals surface area (Å²) >= 11 is 0. The minimum Gasteiger partial charge on any atom is -0.478 e. The smallest absolute Gasteiger partial charge is 0.226 e. The second kappa shape index (κ2) is 5.31. The summed E-state index contributed by atoms with van der Waals surface area (Å²) in [5.41, 5.74) is 6.91. The van der Waals surface area contributed by atoms with E-state index in [9.17, 15) is 0 Å². The monoisotopic (exact) mass is 236 g/mol. The van der Waals surface area contributed by atoms with Crippen LogP contribution >= 0.6 is 0 Å². The molecule has 94 valence electrons. The van der Waals surface area contributed by atoms with Crippen molar-refractivity contribution in [3.05, 3.63) is 11.8 Å². The Morgan fingerprint density at radius 2 is 2.29 bits per heavy atom. The molecule has 2 unspecified atom stereocenters. The first-order valence-corrected chi connectivity index (χ1v) is 6.19. The van der Waals surface area contributed by atoms with Crippen molar-refractivity contribution < 1.29 is 4.74 Å². The molecule has 1 heterocycles. The first-order valence-electron chi connectivity index (χ1n) is 6.19. The maximum atomic E-state index is 6.01. The molecule has 0 aliphatic heterocycles. The van der Waals surface area contributed by atoms with Crippen LogP contribution in [-0.4, -0.2) is 28.7 Å². The van der Waals surface area contributed by atoms with Gasteiger partial charge in [-0.3, -0.25) is 0 Å². The molecule has 1 aromatic heterocycles. The summed E-state index contributed by atoms with van der Waals surface area (Å²) in [6.07, 6.45) is 3.33. The topological polar surface area (TPSA) is 73.1 Å². The Hall–Kier alpha value is -1.36. The lowest BCUT2D eigenvalue weighted by Gasteiger charge is -2.17. The average molecular weight is 236 g/mol. The highest BCUT2D eigenvalue weighted by molar-refractivity contribution is 5.32. The lowest BCUT2D eigenvalue weighted by molar-refractivity contribution is 0.326. The van der Waals surface area contributed by atoms with Gasteiger partial charge in [-0.2, -0.15) is 4.98 Å². The second-order valence-corrected chi connectivity index (χ2v) is 4.45. The minimum absolute atomic E-state index is 0.203. The number of hydrogen-bond donors (Lipinski definition) is 2. The maximum absolute atomic E-state index is 6.01. The Kier molecular flexibility index (Phi) is 3.78. The third-order valence-electron chi connectivity index (χ3n) is 3.01. The van der Waals surface area contributed by atoms with Crippen molar-refractivity contribution in [2.24, 2.45) is 5.73 Å². The van der Waals surface area contributed by atoms with E-state index < -0.39 is 0 Å². The van der Waals surface area contributed by atoms with Crippen molar-refractivity contribution in [1.29, 1.82) is 0 Å². The molecule has 1 fully saturated rings. The highest BCUT2D eigenvalue weighted by atomic mass is 16.5. The second-order valence-electron chi connectivity index (χ2n) is 4.45. The summed E-state index contributed by atoms with van der Waals surface area (Å²) in [5, 5.41) is 3.30. The molecule has 0 spiro atoms. The molecular weight excluding hydrogens is 216 g/mol. The number of nitrogens with two attached hydrogens (primary N) is 1. The predicted molar refractivity (Wildman–Crippen MR) is 67.2 cm³/mol. The van der Waals surface area contributed by atoms with Crippen molar-refractivity contribution >= 4 is 5.95 Å². The van der Waals surface area contributed by atoms with Crippen LogP contribution in [0.4, 0.5) is 5.95 Å². The first-order chi connectivity index (χ1) is 8.19. The van der Waals surface area contributed by atoms with Gasteiger partial charge < -0.3 is 15.8 Å². The summed E-state index contributed by atoms with van der Waals surface area (Å²) in [5.74, 6) is 1.24. The summed E-state index contributed by atoms with van der Waals surface area (Å²) < 4.78 is 5.40. The van der Waals surface area contributed by atoms with Crippen LogP contribution in [0.1, 0.15) is 31.9 Å². The fraction of sp³-hybridized carbons (Fsp3) is 0.667. The molecule has 0 saturated heterocycles. The zero-order chi connectivity index (χ0) is 12.3. The minimum atomic E-state index is 0.203. The van der Waals surface area contributed by atoms with Crippen molar-refractivity contribution in [2.75, 3.05) is 11.9 Å². The number of aromatic nitrogens is 2. The van der Waals surface area contributed by atoms with E-state index in [-0.39, 0.29) is 12.1 Å². The van der Waals surface area contributed by atoms with Gasteiger partial charge in [0.25, 0.3) is 0 Å². The van der Waals surface area contributed by atoms with Crippen LogP contribution in [0.15, 0.2) is 6.07 Å². The zero-order valence-electron chi connectivity index (χ0n) is 10.4. The molecule has 1 aromatic rings. The summed E-state index contributed by atoms with van der Waals surface area (Å²) in [4.78, 5) is 8.68. The van der Waals surface area contributed by atoms with E-state index in [0.29, 0.717) is 18.4 Å². The van der Waals surface area contributed by atoms with Crippen molar-refractivity contribution in [3.8, 4) is 5.88 Å². The number of rotatable bonds is 4. The Balaban J connectivity index is 2.09. The van der Waals surface area contributed by atoms with E-state index in [2.05, 4.69) is 15.3 Å². The van der Waals surface area contributed by atoms with Crippen LogP contribution in [0.2, 0.25) is 0 Å². The highest BCUT2D eigenvalue weighted by Gasteiger charge is 2.24. The van der Waals surface area contributed by atoms with E-state index in [1.807, 2.05) is 19.9 Å². The third-order valence-corrected chi connectivity index (χ3v) is 3.01. The van der Waals surface area contributed by atoms with Gasteiger partial charge in [0.05, 0.1) is 6.61 Å². The lowest BCUT2D eigenvalue weighted by atomic mass is 10.2. The Labute approximate surface area is 102 Å². The Morgan fingerprint density at radius 3 is 2.94 bits per heavy atom. The normalized spacial score (nSPS) is 23.7. The fourth-order valence-electron chi connectivity index (χ4n) is 2.16. The summed E-state index contributed by atoms with van der Waals surface area (Å²) in [7, 11) is 0. The van der Waals surface area contributed by atoms with Gasteiger partial charge in [0, 0.05) is 23.8 Å². The van der Waals surface area contributed by atoms with Gasteiger partial charge in [-0.1, -0.05) is 0 Å². The summed E-state index contributed by atoms with van der Waals surface area (Å²) in [6, 6.07) is 2.32. The summed E-state index contributed by atoms with van der Waals surface area (Å²) in [6.45, 7) is 4.49. The van der Waals surface area contributed by atoms with Gasteiger partial charge in [0.2, 0.25) is 11.8 Å². The molecule has 5 heteroatoms. The van der Waals surface area contributed by atoms with Crippen LogP contribution in [0.3, 0.4) is 0 Å². The molecule has 2 rings (SSSR count). The van der Waals surface area contributed by atoms with E-state index in [4.69, 9.17) is 10.5 Å². The number of aryl methyl sites for hydroxylation is 1. The molecule has 1 saturated carbocycles. The van der Waals surface area contributed by atoms with Crippen LogP contribution in [0.25, 0.3) is 0 Å². The van der Waals surface area contributed by atoms with Crippen molar-refractivity contribution in [3.63, 3.8) is 0 Å². The van der Waals surface area contributed by atoms with Crippen LogP contribution in [-0.2, 0) is 0 Å². The van der Waals surface area contributed by atoms with Gasteiger partial charge in [-0.15, -0.1) is 0 Å². The van der Waals surface area contributed by atoms with E-state index >= 15 is 0 Å². The Bertz CT molecular complexity index is 383. The van der Waals surface area contributed by atoms with Gasteiger partial charge >= 0.3 is 0 Å². The largest absolute Gasteiger partial charge is 0.478 e. The Morgan fingerprint density at radius 1 is 1.47 bits per heavy atom. The molecule has 17 heavy (non-hydrogen) atoms. The quantitative estimate of drug-likeness (QED) is 0.828. The SMILES string of the molecule is CCOc1cc(C)nc(NC2CCCC2N)n1. The maximum Gasteiger partial charge on any atom is 0.226 e. The number of ether oxygens (including phenoxy) is 1. The fourth-order valence-corrected chi connectivity index (χ4v) is 2.16. The zero-order valence-corrected chi connectivity index (χ0v) is 10.4. The molecule has 0 bridgehead atoms. The average Bonchev–Trinajstić information content (AvgIpc) is 2.64. The van der Waals surface area contributed by atoms with Gasteiger partial charge in [0.1, 0.15) is 0 Å². The molecule has 2 atom stereocenters. The number of hydrogen-bond acceptors (Lipinski definition) is 5. The third kappa shape index (κ3) is 3.06. The number of nitrogens with zero attached hydrogens (tertiary/aromatic N) is 2. The van der Waals surface area contributed by atoms with Gasteiger partial charge in [-0.25, -0.2) is 4.98 Å². The van der Waals surface area contributed by atoms with Gasteiger partial charge in [-0.05, 0) is 33.1 Å². The number of anilines is 1. The number of nitrogens with one attached hydrogen (secondary N) is 1. The van der Waals surface area contributed by atoms with Crippen LogP contribution < -0.4 is 15.8 Å².